The third-order valence-corrected chi connectivity index (χ3v) is 5.03. The lowest BCUT2D eigenvalue weighted by Gasteiger charge is -2.28. The number of methoxy groups -OCH3 is 1. The van der Waals surface area contributed by atoms with E-state index in [2.05, 4.69) is 10.0 Å². The highest BCUT2D eigenvalue weighted by molar-refractivity contribution is 7.87. The van der Waals surface area contributed by atoms with Crippen molar-refractivity contribution in [3.63, 3.8) is 0 Å². The highest BCUT2D eigenvalue weighted by Gasteiger charge is 2.25. The molecule has 1 saturated heterocycles. The van der Waals surface area contributed by atoms with E-state index in [0.717, 1.165) is 11.3 Å². The average Bonchev–Trinajstić information content (AvgIpc) is 2.48. The highest BCUT2D eigenvalue weighted by atomic mass is 32.2. The first-order chi connectivity index (χ1) is 9.53. The molecule has 0 saturated carbocycles. The fourth-order valence-corrected chi connectivity index (χ4v) is 3.56. The lowest BCUT2D eigenvalue weighted by Crippen LogP contribution is -2.50. The monoisotopic (exact) mass is 299 g/mol. The smallest absolute Gasteiger partial charge is 0.280 e. The van der Waals surface area contributed by atoms with Crippen molar-refractivity contribution in [2.24, 2.45) is 0 Å². The molecule has 2 N–H and O–H groups in total. The molecule has 112 valence electrons. The SMILES string of the molecule is COc1cccc(C(C)NS(=O)(=O)N2CCNCC2)c1. The Morgan fingerprint density at radius 2 is 2.05 bits per heavy atom. The van der Waals surface area contributed by atoms with Gasteiger partial charge in [-0.2, -0.15) is 17.4 Å². The van der Waals surface area contributed by atoms with Crippen LogP contribution in [0.5, 0.6) is 5.75 Å². The summed E-state index contributed by atoms with van der Waals surface area (Å²) in [6.07, 6.45) is 0. The number of nitrogens with one attached hydrogen (secondary N) is 2. The van der Waals surface area contributed by atoms with E-state index >= 15 is 0 Å². The Kier molecular flexibility index (Phi) is 4.98. The van der Waals surface area contributed by atoms with Crippen molar-refractivity contribution in [2.75, 3.05) is 33.3 Å². The topological polar surface area (TPSA) is 70.7 Å². The van der Waals surface area contributed by atoms with Gasteiger partial charge < -0.3 is 10.1 Å². The van der Waals surface area contributed by atoms with Crippen LogP contribution >= 0.6 is 0 Å². The molecule has 0 aliphatic carbocycles. The highest BCUT2D eigenvalue weighted by Crippen LogP contribution is 2.20. The third kappa shape index (κ3) is 3.69. The Morgan fingerprint density at radius 1 is 1.35 bits per heavy atom. The Hall–Kier alpha value is -1.15. The number of piperazine rings is 1. The van der Waals surface area contributed by atoms with Crippen LogP contribution in [0.1, 0.15) is 18.5 Å². The quantitative estimate of drug-likeness (QED) is 0.830. The number of rotatable bonds is 5. The summed E-state index contributed by atoms with van der Waals surface area (Å²) in [5.41, 5.74) is 0.878. The standard InChI is InChI=1S/C13H21N3O3S/c1-11(12-4-3-5-13(10-12)19-2)15-20(17,18)16-8-6-14-7-9-16/h3-5,10-11,14-15H,6-9H2,1-2H3. The minimum Gasteiger partial charge on any atom is -0.497 e. The first-order valence-electron chi connectivity index (χ1n) is 6.65. The van der Waals surface area contributed by atoms with Crippen molar-refractivity contribution in [2.45, 2.75) is 13.0 Å². The van der Waals surface area contributed by atoms with Gasteiger partial charge in [0, 0.05) is 32.2 Å². The number of benzene rings is 1. The van der Waals surface area contributed by atoms with Crippen molar-refractivity contribution in [3.05, 3.63) is 29.8 Å². The van der Waals surface area contributed by atoms with E-state index in [1.807, 2.05) is 31.2 Å². The minimum atomic E-state index is -3.45. The third-order valence-electron chi connectivity index (χ3n) is 3.34. The van der Waals surface area contributed by atoms with E-state index < -0.39 is 10.2 Å². The van der Waals surface area contributed by atoms with Crippen molar-refractivity contribution in [3.8, 4) is 5.75 Å². The molecule has 20 heavy (non-hydrogen) atoms. The van der Waals surface area contributed by atoms with Crippen molar-refractivity contribution in [1.29, 1.82) is 0 Å². The van der Waals surface area contributed by atoms with Crippen LogP contribution in [0.4, 0.5) is 0 Å². The fourth-order valence-electron chi connectivity index (χ4n) is 2.16. The predicted molar refractivity (Wildman–Crippen MR) is 77.9 cm³/mol. The summed E-state index contributed by atoms with van der Waals surface area (Å²) in [6.45, 7) is 4.21. The summed E-state index contributed by atoms with van der Waals surface area (Å²) < 4.78 is 33.9. The zero-order valence-electron chi connectivity index (χ0n) is 11.8. The second kappa shape index (κ2) is 6.53. The first-order valence-corrected chi connectivity index (χ1v) is 8.09. The molecule has 1 fully saturated rings. The van der Waals surface area contributed by atoms with Gasteiger partial charge in [-0.15, -0.1) is 0 Å². The maximum Gasteiger partial charge on any atom is 0.280 e. The van der Waals surface area contributed by atoms with Crippen LogP contribution in [0, 0.1) is 0 Å². The van der Waals surface area contributed by atoms with Gasteiger partial charge in [-0.25, -0.2) is 0 Å². The van der Waals surface area contributed by atoms with Crippen LogP contribution in [0.15, 0.2) is 24.3 Å². The van der Waals surface area contributed by atoms with Crippen LogP contribution in [0.25, 0.3) is 0 Å². The van der Waals surface area contributed by atoms with Crippen LogP contribution in [-0.2, 0) is 10.2 Å². The van der Waals surface area contributed by atoms with Crippen molar-refractivity contribution >= 4 is 10.2 Å². The molecule has 0 aromatic heterocycles. The molecule has 1 unspecified atom stereocenters. The van der Waals surface area contributed by atoms with Gasteiger partial charge >= 0.3 is 0 Å². The van der Waals surface area contributed by atoms with E-state index in [1.54, 1.807) is 7.11 Å². The molecular weight excluding hydrogens is 278 g/mol. The van der Waals surface area contributed by atoms with Gasteiger partial charge in [0.05, 0.1) is 7.11 Å². The van der Waals surface area contributed by atoms with E-state index in [9.17, 15) is 8.42 Å². The van der Waals surface area contributed by atoms with Gasteiger partial charge in [0.1, 0.15) is 5.75 Å². The molecule has 0 amide bonds. The summed E-state index contributed by atoms with van der Waals surface area (Å²) in [6, 6.07) is 7.11. The zero-order valence-corrected chi connectivity index (χ0v) is 12.6. The Morgan fingerprint density at radius 3 is 2.70 bits per heavy atom. The Bertz CT molecular complexity index is 542. The molecule has 7 heteroatoms. The predicted octanol–water partition coefficient (Wildman–Crippen LogP) is 0.496. The number of nitrogens with zero attached hydrogens (tertiary/aromatic N) is 1. The second-order valence-electron chi connectivity index (χ2n) is 4.77. The molecule has 1 aliphatic heterocycles. The molecule has 0 spiro atoms. The fraction of sp³-hybridized carbons (Fsp3) is 0.538. The Balaban J connectivity index is 2.07. The van der Waals surface area contributed by atoms with Gasteiger partial charge in [0.25, 0.3) is 10.2 Å². The van der Waals surface area contributed by atoms with Crippen molar-refractivity contribution < 1.29 is 13.2 Å². The van der Waals surface area contributed by atoms with E-state index in [0.29, 0.717) is 26.2 Å². The lowest BCUT2D eigenvalue weighted by molar-refractivity contribution is 0.352. The largest absolute Gasteiger partial charge is 0.497 e. The molecule has 1 atom stereocenters. The molecule has 0 bridgehead atoms. The first kappa shape index (κ1) is 15.2. The second-order valence-corrected chi connectivity index (χ2v) is 6.47. The Labute approximate surface area is 120 Å². The van der Waals surface area contributed by atoms with Crippen LogP contribution < -0.4 is 14.8 Å². The van der Waals surface area contributed by atoms with Gasteiger partial charge in [-0.1, -0.05) is 12.1 Å². The summed E-state index contributed by atoms with van der Waals surface area (Å²) >= 11 is 0. The van der Waals surface area contributed by atoms with Crippen LogP contribution in [0.3, 0.4) is 0 Å². The van der Waals surface area contributed by atoms with E-state index in [1.165, 1.54) is 4.31 Å². The summed E-state index contributed by atoms with van der Waals surface area (Å²) in [5.74, 6) is 0.718. The summed E-state index contributed by atoms with van der Waals surface area (Å²) in [7, 11) is -1.86. The molecular formula is C13H21N3O3S. The molecule has 6 nitrogen and oxygen atoms in total. The number of hydrogen-bond acceptors (Lipinski definition) is 4. The van der Waals surface area contributed by atoms with E-state index in [4.69, 9.17) is 4.74 Å². The van der Waals surface area contributed by atoms with Crippen LogP contribution in [-0.4, -0.2) is 46.0 Å². The van der Waals surface area contributed by atoms with Crippen molar-refractivity contribution in [1.82, 2.24) is 14.3 Å². The minimum absolute atomic E-state index is 0.301. The maximum absolute atomic E-state index is 12.3. The maximum atomic E-state index is 12.3. The number of hydrogen-bond donors (Lipinski definition) is 2. The molecule has 1 aliphatic rings. The summed E-state index contributed by atoms with van der Waals surface area (Å²) in [4.78, 5) is 0. The van der Waals surface area contributed by atoms with Gasteiger partial charge in [0.15, 0.2) is 0 Å². The molecule has 1 aromatic rings. The van der Waals surface area contributed by atoms with Gasteiger partial charge in [-0.3, -0.25) is 0 Å². The van der Waals surface area contributed by atoms with Gasteiger partial charge in [0.2, 0.25) is 0 Å². The lowest BCUT2D eigenvalue weighted by atomic mass is 10.1. The van der Waals surface area contributed by atoms with Gasteiger partial charge in [-0.05, 0) is 24.6 Å². The zero-order chi connectivity index (χ0) is 14.6. The molecule has 1 heterocycles. The average molecular weight is 299 g/mol. The molecule has 0 radical (unpaired) electrons. The molecule has 1 aromatic carbocycles. The molecule has 2 rings (SSSR count). The summed E-state index contributed by atoms with van der Waals surface area (Å²) in [5, 5.41) is 3.14. The normalized spacial score (nSPS) is 18.7. The van der Waals surface area contributed by atoms with E-state index in [-0.39, 0.29) is 6.04 Å². The van der Waals surface area contributed by atoms with Crippen LogP contribution in [0.2, 0.25) is 0 Å². The number of ether oxygens (including phenoxy) is 1.